The minimum atomic E-state index is -0.448. The van der Waals surface area contributed by atoms with E-state index in [1.165, 1.54) is 29.3 Å². The molecule has 0 fully saturated rings. The lowest BCUT2D eigenvalue weighted by Crippen LogP contribution is -2.19. The van der Waals surface area contributed by atoms with Gasteiger partial charge in [0.05, 0.1) is 5.02 Å². The van der Waals surface area contributed by atoms with Crippen LogP contribution in [-0.2, 0) is 4.79 Å². The average molecular weight is 377 g/mol. The summed E-state index contributed by atoms with van der Waals surface area (Å²) in [5, 5.41) is 11.9. The molecule has 3 aromatic rings. The lowest BCUT2D eigenvalue weighted by Gasteiger charge is -2.15. The highest BCUT2D eigenvalue weighted by atomic mass is 35.5. The molecule has 1 unspecified atom stereocenters. The number of amides is 1. The van der Waals surface area contributed by atoms with E-state index < -0.39 is 5.25 Å². The third-order valence-electron chi connectivity index (χ3n) is 3.05. The summed E-state index contributed by atoms with van der Waals surface area (Å²) in [6, 6.07) is 12.9. The fourth-order valence-corrected chi connectivity index (χ4v) is 4.09. The second-order valence-electron chi connectivity index (χ2n) is 4.85. The van der Waals surface area contributed by atoms with Crippen molar-refractivity contribution in [3.63, 3.8) is 0 Å². The lowest BCUT2D eigenvalue weighted by molar-refractivity contribution is -0.115. The van der Waals surface area contributed by atoms with E-state index in [2.05, 4.69) is 20.5 Å². The van der Waals surface area contributed by atoms with Crippen molar-refractivity contribution < 1.29 is 4.79 Å². The number of aryl methyl sites for hydroxylation is 1. The van der Waals surface area contributed by atoms with Gasteiger partial charge in [-0.15, -0.1) is 10.2 Å². The number of carbonyl (C=O) groups excluding carboxylic acids is 1. The summed E-state index contributed by atoms with van der Waals surface area (Å²) >= 11 is 8.66. The standard InChI is InChI=1S/C16H13ClN4OS2/c1-10-20-21-16(23-10)24-14(11-5-3-2-4-6-11)15(22)19-13-8-7-12(17)9-18-13/h2-9,14H,1H3,(H,18,19,22). The zero-order valence-corrected chi connectivity index (χ0v) is 15.0. The van der Waals surface area contributed by atoms with Crippen LogP contribution in [0.15, 0.2) is 53.0 Å². The fourth-order valence-electron chi connectivity index (χ4n) is 1.97. The molecule has 1 atom stereocenters. The molecule has 0 aliphatic carbocycles. The maximum atomic E-state index is 12.8. The first-order valence-corrected chi connectivity index (χ1v) is 9.13. The van der Waals surface area contributed by atoms with Gasteiger partial charge in [0.2, 0.25) is 5.91 Å². The Bertz CT molecular complexity index is 824. The van der Waals surface area contributed by atoms with Crippen molar-refractivity contribution in [1.29, 1.82) is 0 Å². The van der Waals surface area contributed by atoms with Crippen LogP contribution in [0.1, 0.15) is 15.8 Å². The molecule has 0 spiro atoms. The maximum absolute atomic E-state index is 12.8. The van der Waals surface area contributed by atoms with E-state index >= 15 is 0 Å². The van der Waals surface area contributed by atoms with Gasteiger partial charge in [0.25, 0.3) is 0 Å². The Hall–Kier alpha value is -1.96. The summed E-state index contributed by atoms with van der Waals surface area (Å²) in [4.78, 5) is 16.9. The predicted molar refractivity (Wildman–Crippen MR) is 97.6 cm³/mol. The van der Waals surface area contributed by atoms with Gasteiger partial charge in [0.1, 0.15) is 16.1 Å². The quantitative estimate of drug-likeness (QED) is 0.670. The summed E-state index contributed by atoms with van der Waals surface area (Å²) in [6.45, 7) is 1.89. The van der Waals surface area contributed by atoms with Gasteiger partial charge in [-0.25, -0.2) is 4.98 Å². The monoisotopic (exact) mass is 376 g/mol. The molecule has 0 saturated heterocycles. The average Bonchev–Trinajstić information content (AvgIpc) is 3.00. The first-order valence-electron chi connectivity index (χ1n) is 7.06. The van der Waals surface area contributed by atoms with Gasteiger partial charge in [0.15, 0.2) is 4.34 Å². The summed E-state index contributed by atoms with van der Waals surface area (Å²) in [6.07, 6.45) is 1.50. The van der Waals surface area contributed by atoms with Gasteiger partial charge >= 0.3 is 0 Å². The number of rotatable bonds is 5. The van der Waals surface area contributed by atoms with Crippen LogP contribution >= 0.6 is 34.7 Å². The Morgan fingerprint density at radius 1 is 1.21 bits per heavy atom. The molecule has 5 nitrogen and oxygen atoms in total. The third-order valence-corrected chi connectivity index (χ3v) is 5.45. The first-order chi connectivity index (χ1) is 11.6. The number of pyridine rings is 1. The zero-order valence-electron chi connectivity index (χ0n) is 12.6. The highest BCUT2D eigenvalue weighted by Gasteiger charge is 2.24. The highest BCUT2D eigenvalue weighted by molar-refractivity contribution is 8.01. The van der Waals surface area contributed by atoms with Crippen LogP contribution in [-0.4, -0.2) is 21.1 Å². The van der Waals surface area contributed by atoms with Gasteiger partial charge in [-0.3, -0.25) is 4.79 Å². The second kappa shape index (κ2) is 7.74. The summed E-state index contributed by atoms with van der Waals surface area (Å²) < 4.78 is 0.751. The Balaban J connectivity index is 1.83. The van der Waals surface area contributed by atoms with Crippen LogP contribution < -0.4 is 5.32 Å². The van der Waals surface area contributed by atoms with E-state index in [4.69, 9.17) is 11.6 Å². The molecule has 0 bridgehead atoms. The van der Waals surface area contributed by atoms with Crippen LogP contribution in [0.3, 0.4) is 0 Å². The number of halogens is 1. The smallest absolute Gasteiger partial charge is 0.243 e. The lowest BCUT2D eigenvalue weighted by atomic mass is 10.1. The van der Waals surface area contributed by atoms with Crippen molar-refractivity contribution in [3.8, 4) is 0 Å². The van der Waals surface area contributed by atoms with Crippen molar-refractivity contribution in [2.24, 2.45) is 0 Å². The predicted octanol–water partition coefficient (Wildman–Crippen LogP) is 4.37. The Morgan fingerprint density at radius 2 is 2.00 bits per heavy atom. The van der Waals surface area contributed by atoms with Crippen molar-refractivity contribution in [2.75, 3.05) is 5.32 Å². The molecule has 2 aromatic heterocycles. The number of nitrogens with zero attached hydrogens (tertiary/aromatic N) is 3. The molecule has 122 valence electrons. The Kier molecular flexibility index (Phi) is 5.44. The van der Waals surface area contributed by atoms with Gasteiger partial charge < -0.3 is 5.32 Å². The van der Waals surface area contributed by atoms with Crippen molar-refractivity contribution in [2.45, 2.75) is 16.5 Å². The van der Waals surface area contributed by atoms with Gasteiger partial charge in [-0.1, -0.05) is 65.0 Å². The normalized spacial score (nSPS) is 11.9. The van der Waals surface area contributed by atoms with E-state index in [0.717, 1.165) is 14.9 Å². The number of thioether (sulfide) groups is 1. The Labute approximate surface area is 152 Å². The number of benzene rings is 1. The largest absolute Gasteiger partial charge is 0.309 e. The highest BCUT2D eigenvalue weighted by Crippen LogP contribution is 2.37. The molecule has 24 heavy (non-hydrogen) atoms. The third kappa shape index (κ3) is 4.31. The second-order valence-corrected chi connectivity index (χ2v) is 7.82. The molecule has 2 heterocycles. The minimum absolute atomic E-state index is 0.172. The maximum Gasteiger partial charge on any atom is 0.243 e. The number of hydrogen-bond acceptors (Lipinski definition) is 6. The van der Waals surface area contributed by atoms with Crippen LogP contribution in [0.4, 0.5) is 5.82 Å². The number of carbonyl (C=O) groups is 1. The van der Waals surface area contributed by atoms with Crippen molar-refractivity contribution >= 4 is 46.4 Å². The van der Waals surface area contributed by atoms with E-state index in [0.29, 0.717) is 10.8 Å². The number of anilines is 1. The molecule has 1 aromatic carbocycles. The summed E-state index contributed by atoms with van der Waals surface area (Å²) in [5.74, 6) is 0.285. The first kappa shape index (κ1) is 16.9. The number of aromatic nitrogens is 3. The van der Waals surface area contributed by atoms with Gasteiger partial charge in [0, 0.05) is 6.20 Å². The molecule has 8 heteroatoms. The van der Waals surface area contributed by atoms with E-state index in [9.17, 15) is 4.79 Å². The van der Waals surface area contributed by atoms with Gasteiger partial charge in [-0.2, -0.15) is 0 Å². The van der Waals surface area contributed by atoms with Crippen LogP contribution in [0, 0.1) is 6.92 Å². The number of hydrogen-bond donors (Lipinski definition) is 1. The molecule has 0 aliphatic heterocycles. The Morgan fingerprint density at radius 3 is 2.62 bits per heavy atom. The molecule has 0 aliphatic rings. The van der Waals surface area contributed by atoms with E-state index in [1.807, 2.05) is 37.3 Å². The molecule has 0 radical (unpaired) electrons. The zero-order chi connectivity index (χ0) is 16.9. The molecule has 1 amide bonds. The van der Waals surface area contributed by atoms with Crippen LogP contribution in [0.25, 0.3) is 0 Å². The van der Waals surface area contributed by atoms with Crippen molar-refractivity contribution in [1.82, 2.24) is 15.2 Å². The van der Waals surface area contributed by atoms with Crippen LogP contribution in [0.5, 0.6) is 0 Å². The summed E-state index contributed by atoms with van der Waals surface area (Å²) in [7, 11) is 0. The molecule has 1 N–H and O–H groups in total. The SMILES string of the molecule is Cc1nnc(SC(C(=O)Nc2ccc(Cl)cn2)c2ccccc2)s1. The minimum Gasteiger partial charge on any atom is -0.309 e. The van der Waals surface area contributed by atoms with Crippen LogP contribution in [0.2, 0.25) is 5.02 Å². The van der Waals surface area contributed by atoms with E-state index in [-0.39, 0.29) is 5.91 Å². The van der Waals surface area contributed by atoms with Crippen molar-refractivity contribution in [3.05, 3.63) is 64.3 Å². The molecular formula is C16H13ClN4OS2. The van der Waals surface area contributed by atoms with Gasteiger partial charge in [-0.05, 0) is 24.6 Å². The topological polar surface area (TPSA) is 67.8 Å². The molecule has 0 saturated carbocycles. The van der Waals surface area contributed by atoms with E-state index in [1.54, 1.807) is 12.1 Å². The number of nitrogens with one attached hydrogen (secondary N) is 1. The molecular weight excluding hydrogens is 364 g/mol. The molecule has 3 rings (SSSR count). The fraction of sp³-hybridized carbons (Fsp3) is 0.125. The summed E-state index contributed by atoms with van der Waals surface area (Å²) in [5.41, 5.74) is 0.891.